The molecule has 1 rings (SSSR count). The lowest BCUT2D eigenvalue weighted by Crippen LogP contribution is -2.07. The van der Waals surface area contributed by atoms with Crippen molar-refractivity contribution < 1.29 is 4.74 Å². The highest BCUT2D eigenvalue weighted by Gasteiger charge is 2.28. The Morgan fingerprint density at radius 1 is 1.75 bits per heavy atom. The van der Waals surface area contributed by atoms with Gasteiger partial charge in [-0.25, -0.2) is 0 Å². The van der Waals surface area contributed by atoms with E-state index in [9.17, 15) is 0 Å². The van der Waals surface area contributed by atoms with Crippen LogP contribution >= 0.6 is 15.9 Å². The molecule has 0 saturated heterocycles. The Morgan fingerprint density at radius 3 is 2.75 bits per heavy atom. The fourth-order valence-corrected chi connectivity index (χ4v) is 1.55. The molecular formula is C6H11BrO. The van der Waals surface area contributed by atoms with Gasteiger partial charge in [0, 0.05) is 11.9 Å². The van der Waals surface area contributed by atoms with E-state index in [-0.39, 0.29) is 0 Å². The number of halogens is 1. The molecular weight excluding hydrogens is 168 g/mol. The maximum absolute atomic E-state index is 4.96. The Hall–Kier alpha value is 0.440. The molecule has 0 spiro atoms. The van der Waals surface area contributed by atoms with Crippen molar-refractivity contribution in [3.8, 4) is 0 Å². The van der Waals surface area contributed by atoms with Gasteiger partial charge in [-0.15, -0.1) is 0 Å². The number of hydrogen-bond donors (Lipinski definition) is 0. The first-order valence-electron chi connectivity index (χ1n) is 2.97. The van der Waals surface area contributed by atoms with Crippen LogP contribution in [-0.2, 0) is 4.74 Å². The Balaban J connectivity index is 2.03. The number of ether oxygens (including phenoxy) is 1. The lowest BCUT2D eigenvalue weighted by molar-refractivity contribution is 0.196. The molecule has 0 bridgehead atoms. The van der Waals surface area contributed by atoms with Crippen molar-refractivity contribution in [3.63, 3.8) is 0 Å². The maximum atomic E-state index is 4.96. The molecule has 0 heterocycles. The zero-order valence-electron chi connectivity index (χ0n) is 5.06. The molecule has 1 aliphatic carbocycles. The zero-order valence-corrected chi connectivity index (χ0v) is 6.65. The standard InChI is InChI=1S/C6H11BrO/c1-8-4-6(7)5-2-3-5/h5-6H,2-4H2,1H3. The molecule has 1 saturated carbocycles. The first-order chi connectivity index (χ1) is 3.84. The average molecular weight is 179 g/mol. The van der Waals surface area contributed by atoms with Gasteiger partial charge < -0.3 is 4.74 Å². The molecule has 8 heavy (non-hydrogen) atoms. The second-order valence-electron chi connectivity index (χ2n) is 2.31. The molecule has 0 N–H and O–H groups in total. The third-order valence-electron chi connectivity index (χ3n) is 1.46. The van der Waals surface area contributed by atoms with Crippen LogP contribution in [0.5, 0.6) is 0 Å². The van der Waals surface area contributed by atoms with E-state index in [0.29, 0.717) is 4.83 Å². The number of rotatable bonds is 3. The minimum Gasteiger partial charge on any atom is -0.384 e. The van der Waals surface area contributed by atoms with Crippen LogP contribution in [0.1, 0.15) is 12.8 Å². The summed E-state index contributed by atoms with van der Waals surface area (Å²) < 4.78 is 4.96. The van der Waals surface area contributed by atoms with E-state index in [2.05, 4.69) is 15.9 Å². The molecule has 48 valence electrons. The van der Waals surface area contributed by atoms with Crippen molar-refractivity contribution in [2.45, 2.75) is 17.7 Å². The van der Waals surface area contributed by atoms with Gasteiger partial charge in [0.1, 0.15) is 0 Å². The van der Waals surface area contributed by atoms with Crippen molar-refractivity contribution >= 4 is 15.9 Å². The summed E-state index contributed by atoms with van der Waals surface area (Å²) in [6, 6.07) is 0. The van der Waals surface area contributed by atoms with Gasteiger partial charge in [0.15, 0.2) is 0 Å². The van der Waals surface area contributed by atoms with Crippen LogP contribution < -0.4 is 0 Å². The highest BCUT2D eigenvalue weighted by Crippen LogP contribution is 2.36. The SMILES string of the molecule is COCC(Br)C1CC1. The molecule has 1 unspecified atom stereocenters. The van der Waals surface area contributed by atoms with E-state index in [1.165, 1.54) is 12.8 Å². The summed E-state index contributed by atoms with van der Waals surface area (Å²) in [7, 11) is 1.75. The Labute approximate surface area is 58.5 Å². The summed E-state index contributed by atoms with van der Waals surface area (Å²) >= 11 is 3.54. The normalized spacial score (nSPS) is 23.2. The van der Waals surface area contributed by atoms with Crippen LogP contribution in [0.3, 0.4) is 0 Å². The van der Waals surface area contributed by atoms with E-state index < -0.39 is 0 Å². The highest BCUT2D eigenvalue weighted by molar-refractivity contribution is 9.09. The van der Waals surface area contributed by atoms with Crippen molar-refractivity contribution in [2.24, 2.45) is 5.92 Å². The average Bonchev–Trinajstić information content (AvgIpc) is 2.45. The third-order valence-corrected chi connectivity index (χ3v) is 2.47. The minimum atomic E-state index is 0.618. The molecule has 1 aliphatic rings. The summed E-state index contributed by atoms with van der Waals surface area (Å²) in [5, 5.41) is 0. The molecule has 1 nitrogen and oxygen atoms in total. The fraction of sp³-hybridized carbons (Fsp3) is 1.00. The van der Waals surface area contributed by atoms with E-state index in [4.69, 9.17) is 4.74 Å². The summed E-state index contributed by atoms with van der Waals surface area (Å²) in [5.74, 6) is 0.912. The van der Waals surface area contributed by atoms with Gasteiger partial charge in [0.2, 0.25) is 0 Å². The second-order valence-corrected chi connectivity index (χ2v) is 3.48. The van der Waals surface area contributed by atoms with Gasteiger partial charge in [0.25, 0.3) is 0 Å². The van der Waals surface area contributed by atoms with Gasteiger partial charge in [-0.1, -0.05) is 15.9 Å². The van der Waals surface area contributed by atoms with Gasteiger partial charge in [-0.05, 0) is 18.8 Å². The van der Waals surface area contributed by atoms with E-state index >= 15 is 0 Å². The molecule has 2 heteroatoms. The summed E-state index contributed by atoms with van der Waals surface area (Å²) in [4.78, 5) is 0.618. The van der Waals surface area contributed by atoms with Gasteiger partial charge in [0.05, 0.1) is 6.61 Å². The third kappa shape index (κ3) is 1.75. The van der Waals surface area contributed by atoms with E-state index in [1.54, 1.807) is 7.11 Å². The summed E-state index contributed by atoms with van der Waals surface area (Å²) in [6.07, 6.45) is 2.78. The minimum absolute atomic E-state index is 0.618. The van der Waals surface area contributed by atoms with E-state index in [1.807, 2.05) is 0 Å². The Morgan fingerprint density at radius 2 is 2.38 bits per heavy atom. The quantitative estimate of drug-likeness (QED) is 0.600. The number of hydrogen-bond acceptors (Lipinski definition) is 1. The van der Waals surface area contributed by atoms with E-state index in [0.717, 1.165) is 12.5 Å². The molecule has 0 aromatic heterocycles. The predicted octanol–water partition coefficient (Wildman–Crippen LogP) is 1.81. The number of methoxy groups -OCH3 is 1. The first-order valence-corrected chi connectivity index (χ1v) is 3.89. The van der Waals surface area contributed by atoms with Crippen LogP contribution in [0.25, 0.3) is 0 Å². The van der Waals surface area contributed by atoms with Crippen molar-refractivity contribution in [2.75, 3.05) is 13.7 Å². The van der Waals surface area contributed by atoms with Crippen molar-refractivity contribution in [1.82, 2.24) is 0 Å². The van der Waals surface area contributed by atoms with Crippen LogP contribution in [0.15, 0.2) is 0 Å². The molecule has 0 radical (unpaired) electrons. The summed E-state index contributed by atoms with van der Waals surface area (Å²) in [5.41, 5.74) is 0. The predicted molar refractivity (Wildman–Crippen MR) is 37.3 cm³/mol. The lowest BCUT2D eigenvalue weighted by Gasteiger charge is -2.03. The highest BCUT2D eigenvalue weighted by atomic mass is 79.9. The van der Waals surface area contributed by atoms with Gasteiger partial charge >= 0.3 is 0 Å². The fourth-order valence-electron chi connectivity index (χ4n) is 0.753. The monoisotopic (exact) mass is 178 g/mol. The van der Waals surface area contributed by atoms with Crippen molar-refractivity contribution in [3.05, 3.63) is 0 Å². The Bertz CT molecular complexity index is 70.9. The topological polar surface area (TPSA) is 9.23 Å². The van der Waals surface area contributed by atoms with Crippen LogP contribution in [0.4, 0.5) is 0 Å². The second kappa shape index (κ2) is 2.83. The number of alkyl halides is 1. The lowest BCUT2D eigenvalue weighted by atomic mass is 10.3. The van der Waals surface area contributed by atoms with Crippen LogP contribution in [0, 0.1) is 5.92 Å². The molecule has 0 aromatic carbocycles. The van der Waals surface area contributed by atoms with Crippen LogP contribution in [-0.4, -0.2) is 18.5 Å². The van der Waals surface area contributed by atoms with Gasteiger partial charge in [-0.2, -0.15) is 0 Å². The molecule has 0 aliphatic heterocycles. The largest absolute Gasteiger partial charge is 0.384 e. The Kier molecular flexibility index (Phi) is 2.32. The molecule has 1 fully saturated rings. The smallest absolute Gasteiger partial charge is 0.0590 e. The maximum Gasteiger partial charge on any atom is 0.0590 e. The zero-order chi connectivity index (χ0) is 5.98. The van der Waals surface area contributed by atoms with Crippen molar-refractivity contribution in [1.29, 1.82) is 0 Å². The summed E-state index contributed by atoms with van der Waals surface area (Å²) in [6.45, 7) is 0.866. The molecule has 0 aromatic rings. The molecule has 1 atom stereocenters. The molecule has 0 amide bonds. The van der Waals surface area contributed by atoms with Gasteiger partial charge in [-0.3, -0.25) is 0 Å². The first kappa shape index (κ1) is 6.56. The van der Waals surface area contributed by atoms with Crippen LogP contribution in [0.2, 0.25) is 0 Å².